The lowest BCUT2D eigenvalue weighted by Crippen LogP contribution is -2.46. The van der Waals surface area contributed by atoms with Gasteiger partial charge in [-0.15, -0.1) is 0 Å². The van der Waals surface area contributed by atoms with Crippen molar-refractivity contribution in [2.75, 3.05) is 37.6 Å². The molecule has 0 N–H and O–H groups in total. The van der Waals surface area contributed by atoms with Gasteiger partial charge in [-0.25, -0.2) is 0 Å². The molecule has 0 aliphatic carbocycles. The highest BCUT2D eigenvalue weighted by Gasteiger charge is 2.23. The molecule has 5 heteroatoms. The zero-order chi connectivity index (χ0) is 15.5. The van der Waals surface area contributed by atoms with Gasteiger partial charge in [0.25, 0.3) is 0 Å². The van der Waals surface area contributed by atoms with Crippen molar-refractivity contribution in [1.82, 2.24) is 9.88 Å². The van der Waals surface area contributed by atoms with Gasteiger partial charge in [0.2, 0.25) is 17.5 Å². The van der Waals surface area contributed by atoms with E-state index in [0.717, 1.165) is 43.9 Å². The van der Waals surface area contributed by atoms with Crippen LogP contribution in [0.15, 0.2) is 28.7 Å². The number of rotatable bonds is 3. The molecular weight excluding hydrogens is 276 g/mol. The molecule has 0 bridgehead atoms. The first-order valence-electron chi connectivity index (χ1n) is 7.66. The number of hydrogen-bond acceptors (Lipinski definition) is 5. The summed E-state index contributed by atoms with van der Waals surface area (Å²) in [7, 11) is 0. The number of piperazine rings is 1. The van der Waals surface area contributed by atoms with Crippen LogP contribution in [0.25, 0.3) is 11.5 Å². The van der Waals surface area contributed by atoms with Crippen LogP contribution in [0.4, 0.5) is 5.88 Å². The van der Waals surface area contributed by atoms with Crippen LogP contribution in [0.5, 0.6) is 0 Å². The molecular formula is C17H20N4O. The van der Waals surface area contributed by atoms with Crippen LogP contribution in [-0.4, -0.2) is 42.6 Å². The normalized spacial score (nSPS) is 15.8. The molecule has 0 amide bonds. The fourth-order valence-electron chi connectivity index (χ4n) is 2.77. The first kappa shape index (κ1) is 14.6. The van der Waals surface area contributed by atoms with E-state index >= 15 is 0 Å². The van der Waals surface area contributed by atoms with Gasteiger partial charge in [-0.05, 0) is 25.6 Å². The van der Waals surface area contributed by atoms with E-state index < -0.39 is 0 Å². The minimum absolute atomic E-state index is 0.376. The predicted molar refractivity (Wildman–Crippen MR) is 85.7 cm³/mol. The largest absolute Gasteiger partial charge is 0.419 e. The van der Waals surface area contributed by atoms with E-state index in [9.17, 15) is 5.26 Å². The number of nitrogens with zero attached hydrogens (tertiary/aromatic N) is 4. The minimum atomic E-state index is 0.376. The average Bonchev–Trinajstić information content (AvgIpc) is 2.99. The highest BCUT2D eigenvalue weighted by atomic mass is 16.4. The highest BCUT2D eigenvalue weighted by Crippen LogP contribution is 2.29. The van der Waals surface area contributed by atoms with Gasteiger partial charge in [0.1, 0.15) is 6.07 Å². The van der Waals surface area contributed by atoms with Crippen molar-refractivity contribution in [3.05, 3.63) is 35.5 Å². The van der Waals surface area contributed by atoms with Gasteiger partial charge in [-0.2, -0.15) is 10.2 Å². The van der Waals surface area contributed by atoms with E-state index in [1.807, 2.05) is 31.2 Å². The molecule has 0 saturated carbocycles. The maximum atomic E-state index is 9.35. The fraction of sp³-hybridized carbons (Fsp3) is 0.412. The monoisotopic (exact) mass is 296 g/mol. The number of aryl methyl sites for hydroxylation is 1. The Labute approximate surface area is 130 Å². The quantitative estimate of drug-likeness (QED) is 0.871. The van der Waals surface area contributed by atoms with Gasteiger partial charge in [0.15, 0.2) is 0 Å². The maximum absolute atomic E-state index is 9.35. The topological polar surface area (TPSA) is 56.3 Å². The lowest BCUT2D eigenvalue weighted by Gasteiger charge is -2.33. The first-order chi connectivity index (χ1) is 10.7. The highest BCUT2D eigenvalue weighted by molar-refractivity contribution is 5.60. The Morgan fingerprint density at radius 3 is 2.68 bits per heavy atom. The lowest BCUT2D eigenvalue weighted by atomic mass is 10.1. The van der Waals surface area contributed by atoms with Gasteiger partial charge in [-0.3, -0.25) is 0 Å². The van der Waals surface area contributed by atoms with Crippen molar-refractivity contribution >= 4 is 5.88 Å². The number of benzene rings is 1. The molecule has 0 atom stereocenters. The summed E-state index contributed by atoms with van der Waals surface area (Å²) in [6.45, 7) is 8.96. The number of anilines is 1. The second kappa shape index (κ2) is 6.20. The summed E-state index contributed by atoms with van der Waals surface area (Å²) in [5.74, 6) is 1.13. The van der Waals surface area contributed by atoms with E-state index in [1.165, 1.54) is 0 Å². The summed E-state index contributed by atoms with van der Waals surface area (Å²) in [6.07, 6.45) is 0. The second-order valence-electron chi connectivity index (χ2n) is 5.58. The lowest BCUT2D eigenvalue weighted by molar-refractivity contribution is 0.266. The third kappa shape index (κ3) is 2.83. The second-order valence-corrected chi connectivity index (χ2v) is 5.58. The molecule has 1 aromatic heterocycles. The van der Waals surface area contributed by atoms with Crippen molar-refractivity contribution in [3.8, 4) is 17.5 Å². The van der Waals surface area contributed by atoms with Crippen LogP contribution in [0.2, 0.25) is 0 Å². The van der Waals surface area contributed by atoms with Gasteiger partial charge in [-0.1, -0.05) is 24.6 Å². The Morgan fingerprint density at radius 2 is 2.05 bits per heavy atom. The van der Waals surface area contributed by atoms with E-state index in [1.54, 1.807) is 0 Å². The van der Waals surface area contributed by atoms with Crippen LogP contribution in [0, 0.1) is 18.3 Å². The molecule has 22 heavy (non-hydrogen) atoms. The summed E-state index contributed by atoms with van der Waals surface area (Å²) >= 11 is 0. The maximum Gasteiger partial charge on any atom is 0.235 e. The molecule has 3 rings (SSSR count). The number of oxazole rings is 1. The summed E-state index contributed by atoms with van der Waals surface area (Å²) in [4.78, 5) is 8.88. The number of nitriles is 1. The molecule has 2 aromatic rings. The van der Waals surface area contributed by atoms with Crippen LogP contribution < -0.4 is 4.90 Å². The van der Waals surface area contributed by atoms with Crippen LogP contribution in [-0.2, 0) is 0 Å². The third-order valence-electron chi connectivity index (χ3n) is 4.09. The van der Waals surface area contributed by atoms with E-state index in [2.05, 4.69) is 27.8 Å². The molecule has 114 valence electrons. The minimum Gasteiger partial charge on any atom is -0.419 e. The van der Waals surface area contributed by atoms with Crippen LogP contribution in [0.1, 0.15) is 18.2 Å². The third-order valence-corrected chi connectivity index (χ3v) is 4.09. The van der Waals surface area contributed by atoms with Gasteiger partial charge < -0.3 is 14.2 Å². The summed E-state index contributed by atoms with van der Waals surface area (Å²) < 4.78 is 5.93. The molecule has 1 aromatic carbocycles. The molecule has 0 radical (unpaired) electrons. The fourth-order valence-corrected chi connectivity index (χ4v) is 2.77. The molecule has 5 nitrogen and oxygen atoms in total. The zero-order valence-corrected chi connectivity index (χ0v) is 13.0. The van der Waals surface area contributed by atoms with Gasteiger partial charge >= 0.3 is 0 Å². The van der Waals surface area contributed by atoms with E-state index in [-0.39, 0.29) is 0 Å². The van der Waals surface area contributed by atoms with Gasteiger partial charge in [0, 0.05) is 31.7 Å². The molecule has 1 saturated heterocycles. The first-order valence-corrected chi connectivity index (χ1v) is 7.66. The molecule has 0 unspecified atom stereocenters. The SMILES string of the molecule is CCN1CCN(c2oc(-c3cccc(C)c3)nc2C#N)CC1. The molecule has 1 aliphatic rings. The predicted octanol–water partition coefficient (Wildman–Crippen LogP) is 2.66. The van der Waals surface area contributed by atoms with Crippen LogP contribution >= 0.6 is 0 Å². The number of hydrogen-bond donors (Lipinski definition) is 0. The molecule has 1 aliphatic heterocycles. The number of aromatic nitrogens is 1. The Balaban J connectivity index is 1.88. The van der Waals surface area contributed by atoms with Gasteiger partial charge in [0.05, 0.1) is 0 Å². The Bertz CT molecular complexity index is 693. The molecule has 2 heterocycles. The zero-order valence-electron chi connectivity index (χ0n) is 13.0. The van der Waals surface area contributed by atoms with E-state index in [4.69, 9.17) is 4.42 Å². The molecule has 0 spiro atoms. The summed E-state index contributed by atoms with van der Waals surface area (Å²) in [5, 5.41) is 9.35. The van der Waals surface area contributed by atoms with Crippen molar-refractivity contribution < 1.29 is 4.42 Å². The molecule has 1 fully saturated rings. The van der Waals surface area contributed by atoms with E-state index in [0.29, 0.717) is 17.5 Å². The van der Waals surface area contributed by atoms with Crippen molar-refractivity contribution in [3.63, 3.8) is 0 Å². The average molecular weight is 296 g/mol. The Hall–Kier alpha value is -2.32. The summed E-state index contributed by atoms with van der Waals surface area (Å²) in [5.41, 5.74) is 2.43. The number of likely N-dealkylation sites (N-methyl/N-ethyl adjacent to an activating group) is 1. The Kier molecular flexibility index (Phi) is 4.12. The van der Waals surface area contributed by atoms with Crippen molar-refractivity contribution in [2.45, 2.75) is 13.8 Å². The Morgan fingerprint density at radius 1 is 1.27 bits per heavy atom. The standard InChI is InChI=1S/C17H20N4O/c1-3-20-7-9-21(10-8-20)17-15(12-18)19-16(22-17)14-6-4-5-13(2)11-14/h4-6,11H,3,7-10H2,1-2H3. The summed E-state index contributed by atoms with van der Waals surface area (Å²) in [6, 6.07) is 10.1. The van der Waals surface area contributed by atoms with Crippen LogP contribution in [0.3, 0.4) is 0 Å². The smallest absolute Gasteiger partial charge is 0.235 e. The van der Waals surface area contributed by atoms with Crippen molar-refractivity contribution in [2.24, 2.45) is 0 Å². The van der Waals surface area contributed by atoms with Crippen molar-refractivity contribution in [1.29, 1.82) is 5.26 Å².